The molecule has 2 fully saturated rings. The van der Waals surface area contributed by atoms with Crippen LogP contribution in [0.2, 0.25) is 0 Å². The number of aromatic nitrogens is 1. The molecule has 3 aromatic rings. The number of nitrogens with zero attached hydrogens (tertiary/aromatic N) is 2. The molecule has 3 N–H and O–H groups in total. The van der Waals surface area contributed by atoms with E-state index in [1.807, 2.05) is 0 Å². The Morgan fingerprint density at radius 1 is 1.24 bits per heavy atom. The number of nitrogens with one attached hydrogen (secondary N) is 1. The van der Waals surface area contributed by atoms with E-state index < -0.39 is 17.8 Å². The van der Waals surface area contributed by atoms with Gasteiger partial charge in [-0.05, 0) is 77.8 Å². The number of benzene rings is 2. The van der Waals surface area contributed by atoms with E-state index in [0.717, 1.165) is 24.6 Å². The van der Waals surface area contributed by atoms with Crippen molar-refractivity contribution in [2.45, 2.75) is 38.4 Å². The van der Waals surface area contributed by atoms with Crippen molar-refractivity contribution in [2.24, 2.45) is 11.7 Å². The predicted molar refractivity (Wildman–Crippen MR) is 133 cm³/mol. The van der Waals surface area contributed by atoms with Crippen molar-refractivity contribution < 1.29 is 27.1 Å². The Morgan fingerprint density at radius 2 is 2.00 bits per heavy atom. The van der Waals surface area contributed by atoms with Gasteiger partial charge >= 0.3 is 6.18 Å². The molecule has 2 heterocycles. The van der Waals surface area contributed by atoms with E-state index in [1.165, 1.54) is 24.3 Å². The molecular weight excluding hydrogens is 500 g/mol. The molecule has 1 amide bonds. The Balaban J connectivity index is 1.76. The van der Waals surface area contributed by atoms with E-state index >= 15 is 0 Å². The molecule has 0 radical (unpaired) electrons. The zero-order valence-electron chi connectivity index (χ0n) is 20.6. The zero-order valence-corrected chi connectivity index (χ0v) is 20.6. The number of halogens is 4. The van der Waals surface area contributed by atoms with Gasteiger partial charge in [0.25, 0.3) is 6.02 Å². The molecular formula is C28H26F4N4O2. The molecule has 1 aliphatic heterocycles. The summed E-state index contributed by atoms with van der Waals surface area (Å²) in [6, 6.07) is 10.5. The molecule has 1 atom stereocenters. The third-order valence-electron chi connectivity index (χ3n) is 7.11. The third kappa shape index (κ3) is 4.94. The lowest BCUT2D eigenvalue weighted by Gasteiger charge is -2.27. The summed E-state index contributed by atoms with van der Waals surface area (Å²) in [5.41, 5.74) is 7.26. The molecule has 1 aromatic heterocycles. The molecule has 5 rings (SSSR count). The van der Waals surface area contributed by atoms with Crippen molar-refractivity contribution in [3.05, 3.63) is 88.0 Å². The lowest BCUT2D eigenvalue weighted by Crippen LogP contribution is -2.27. The maximum Gasteiger partial charge on any atom is 0.433 e. The number of ether oxygens (including phenoxy) is 1. The van der Waals surface area contributed by atoms with Gasteiger partial charge in [0.15, 0.2) is 5.69 Å². The van der Waals surface area contributed by atoms with Gasteiger partial charge in [0.05, 0.1) is 6.54 Å². The van der Waals surface area contributed by atoms with Crippen molar-refractivity contribution in [2.75, 3.05) is 13.2 Å². The average molecular weight is 527 g/mol. The van der Waals surface area contributed by atoms with Gasteiger partial charge in [0, 0.05) is 29.8 Å². The number of rotatable bonds is 7. The lowest BCUT2D eigenvalue weighted by molar-refractivity contribution is -0.140. The maximum atomic E-state index is 14.1. The van der Waals surface area contributed by atoms with E-state index in [2.05, 4.69) is 4.98 Å². The minimum absolute atomic E-state index is 0.0556. The second kappa shape index (κ2) is 9.74. The molecule has 1 saturated carbocycles. The summed E-state index contributed by atoms with van der Waals surface area (Å²) in [5, 5.41) is 8.13. The first kappa shape index (κ1) is 25.7. The first-order valence-electron chi connectivity index (χ1n) is 12.3. The fourth-order valence-corrected chi connectivity index (χ4v) is 5.20. The number of amidine groups is 1. The molecule has 0 spiro atoms. The number of amides is 1. The molecule has 0 unspecified atom stereocenters. The van der Waals surface area contributed by atoms with E-state index in [-0.39, 0.29) is 46.9 Å². The topological polar surface area (TPSA) is 92.3 Å². The van der Waals surface area contributed by atoms with Crippen LogP contribution in [0, 0.1) is 24.1 Å². The zero-order chi connectivity index (χ0) is 27.2. The molecule has 2 aliphatic rings. The highest BCUT2D eigenvalue weighted by atomic mass is 19.4. The number of aryl methyl sites for hydroxylation is 1. The third-order valence-corrected chi connectivity index (χ3v) is 7.11. The monoisotopic (exact) mass is 526 g/mol. The standard InChI is InChI=1S/C28H26F4N4O2/c1-15-11-17(6-7-22(15)29)23(16-4-5-16)24-19(14-36-9-10-38-27(36)34)12-18(13-21(24)26(33)37)20-3-2-8-35-25(20)28(30,31)32/h2-3,6-8,11-13,16,23,34H,4-5,9-10,14H2,1H3,(H2,33,37)/t23-/m0/s1. The molecule has 0 bridgehead atoms. The van der Waals surface area contributed by atoms with Gasteiger partial charge in [-0.1, -0.05) is 18.2 Å². The van der Waals surface area contributed by atoms with Crippen molar-refractivity contribution in [1.82, 2.24) is 9.88 Å². The average Bonchev–Trinajstić information content (AvgIpc) is 3.63. The van der Waals surface area contributed by atoms with Gasteiger partial charge in [0.1, 0.15) is 12.4 Å². The van der Waals surface area contributed by atoms with Gasteiger partial charge in [-0.25, -0.2) is 4.39 Å². The highest BCUT2D eigenvalue weighted by Gasteiger charge is 2.39. The molecule has 6 nitrogen and oxygen atoms in total. The van der Waals surface area contributed by atoms with Crippen LogP contribution in [-0.2, 0) is 17.5 Å². The van der Waals surface area contributed by atoms with E-state index in [0.29, 0.717) is 29.8 Å². The molecule has 2 aromatic carbocycles. The Morgan fingerprint density at radius 3 is 2.61 bits per heavy atom. The number of carbonyl (C=O) groups excluding carboxylic acids is 1. The number of pyridine rings is 1. The van der Waals surface area contributed by atoms with Crippen LogP contribution in [0.3, 0.4) is 0 Å². The first-order chi connectivity index (χ1) is 18.0. The first-order valence-corrected chi connectivity index (χ1v) is 12.3. The summed E-state index contributed by atoms with van der Waals surface area (Å²) in [4.78, 5) is 18.1. The quantitative estimate of drug-likeness (QED) is 0.391. The lowest BCUT2D eigenvalue weighted by atomic mass is 9.79. The summed E-state index contributed by atoms with van der Waals surface area (Å²) in [6.07, 6.45) is -1.89. The highest BCUT2D eigenvalue weighted by Crippen LogP contribution is 2.49. The summed E-state index contributed by atoms with van der Waals surface area (Å²) in [7, 11) is 0. The summed E-state index contributed by atoms with van der Waals surface area (Å²) in [5.74, 6) is -1.30. The van der Waals surface area contributed by atoms with Crippen molar-refractivity contribution in [1.29, 1.82) is 5.41 Å². The Hall–Kier alpha value is -3.95. The van der Waals surface area contributed by atoms with Gasteiger partial charge in [-0.2, -0.15) is 13.2 Å². The number of primary amides is 1. The Bertz CT molecular complexity index is 1420. The highest BCUT2D eigenvalue weighted by molar-refractivity contribution is 5.97. The van der Waals surface area contributed by atoms with Crippen LogP contribution in [0.15, 0.2) is 48.7 Å². The fraction of sp³-hybridized carbons (Fsp3) is 0.321. The van der Waals surface area contributed by atoms with Crippen molar-refractivity contribution >= 4 is 11.9 Å². The number of hydrogen-bond acceptors (Lipinski definition) is 4. The SMILES string of the molecule is Cc1cc([C@@H](c2c(CN3CCOC3=N)cc(-c3cccnc3C(F)(F)F)cc2C(N)=O)C2CC2)ccc1F. The largest absolute Gasteiger partial charge is 0.463 e. The second-order valence-corrected chi connectivity index (χ2v) is 9.76. The van der Waals surface area contributed by atoms with Crippen molar-refractivity contribution in [3.8, 4) is 11.1 Å². The summed E-state index contributed by atoms with van der Waals surface area (Å²) in [6.45, 7) is 2.51. The van der Waals surface area contributed by atoms with Gasteiger partial charge in [-0.15, -0.1) is 0 Å². The van der Waals surface area contributed by atoms with Crippen molar-refractivity contribution in [3.63, 3.8) is 0 Å². The van der Waals surface area contributed by atoms with E-state index in [1.54, 1.807) is 30.0 Å². The van der Waals surface area contributed by atoms with Gasteiger partial charge < -0.3 is 15.4 Å². The number of hydrogen-bond donors (Lipinski definition) is 2. The summed E-state index contributed by atoms with van der Waals surface area (Å²) >= 11 is 0. The van der Waals surface area contributed by atoms with Crippen LogP contribution in [0.5, 0.6) is 0 Å². The molecule has 1 aliphatic carbocycles. The normalized spacial score (nSPS) is 16.4. The van der Waals surface area contributed by atoms with Gasteiger partial charge in [0.2, 0.25) is 5.91 Å². The van der Waals surface area contributed by atoms with Gasteiger partial charge in [-0.3, -0.25) is 15.2 Å². The van der Waals surface area contributed by atoms with E-state index in [4.69, 9.17) is 15.9 Å². The number of carbonyl (C=O) groups is 1. The Labute approximate surface area is 216 Å². The minimum Gasteiger partial charge on any atom is -0.463 e. The van der Waals surface area contributed by atoms with Crippen LogP contribution >= 0.6 is 0 Å². The van der Waals surface area contributed by atoms with E-state index in [9.17, 15) is 22.4 Å². The predicted octanol–water partition coefficient (Wildman–Crippen LogP) is 5.62. The summed E-state index contributed by atoms with van der Waals surface area (Å²) < 4.78 is 61.0. The van der Waals surface area contributed by atoms with Crippen LogP contribution in [-0.4, -0.2) is 35.0 Å². The van der Waals surface area contributed by atoms with Crippen LogP contribution < -0.4 is 5.73 Å². The molecule has 10 heteroatoms. The number of nitrogens with two attached hydrogens (primary N) is 1. The maximum absolute atomic E-state index is 14.1. The molecule has 38 heavy (non-hydrogen) atoms. The van der Waals surface area contributed by atoms with Crippen LogP contribution in [0.4, 0.5) is 17.6 Å². The fourth-order valence-electron chi connectivity index (χ4n) is 5.20. The minimum atomic E-state index is -4.71. The van der Waals surface area contributed by atoms with Crippen LogP contribution in [0.1, 0.15) is 57.1 Å². The molecule has 198 valence electrons. The number of alkyl halides is 3. The Kier molecular flexibility index (Phi) is 6.58. The second-order valence-electron chi connectivity index (χ2n) is 9.76. The molecule has 1 saturated heterocycles. The smallest absolute Gasteiger partial charge is 0.433 e. The van der Waals surface area contributed by atoms with Crippen LogP contribution in [0.25, 0.3) is 11.1 Å².